The van der Waals surface area contributed by atoms with Gasteiger partial charge >= 0.3 is 0 Å². The fraction of sp³-hybridized carbons (Fsp3) is 1.00. The number of hydrogen-bond acceptors (Lipinski definition) is 2. The van der Waals surface area contributed by atoms with Crippen LogP contribution in [0.25, 0.3) is 0 Å². The largest absolute Gasteiger partial charge is 0.344 e. The lowest BCUT2D eigenvalue weighted by Crippen LogP contribution is -2.89. The molecule has 0 aromatic heterocycles. The van der Waals surface area contributed by atoms with Gasteiger partial charge in [-0.15, -0.1) is 0 Å². The minimum atomic E-state index is 1.01. The van der Waals surface area contributed by atoms with Gasteiger partial charge in [-0.2, -0.15) is 0 Å². The molecule has 2 rings (SSSR count). The Morgan fingerprint density at radius 3 is 2.40 bits per heavy atom. The maximum absolute atomic E-state index is 2.65. The molecule has 0 saturated carbocycles. The summed E-state index contributed by atoms with van der Waals surface area (Å²) in [5.41, 5.74) is 0. The Labute approximate surface area is 93.8 Å². The first-order chi connectivity index (χ1) is 7.34. The van der Waals surface area contributed by atoms with Crippen LogP contribution in [-0.2, 0) is 0 Å². The van der Waals surface area contributed by atoms with Gasteiger partial charge in [0.1, 0.15) is 0 Å². The van der Waals surface area contributed by atoms with E-state index >= 15 is 0 Å². The smallest absolute Gasteiger partial charge is 0.0885 e. The van der Waals surface area contributed by atoms with Gasteiger partial charge in [0.05, 0.1) is 13.1 Å². The van der Waals surface area contributed by atoms with Gasteiger partial charge in [0.15, 0.2) is 0 Å². The third kappa shape index (κ3) is 3.74. The Bertz CT molecular complexity index is 170. The minimum absolute atomic E-state index is 1.01. The Kier molecular flexibility index (Phi) is 4.42. The Hall–Kier alpha value is -0.120. The van der Waals surface area contributed by atoms with E-state index in [9.17, 15) is 0 Å². The van der Waals surface area contributed by atoms with Gasteiger partial charge < -0.3 is 10.2 Å². The third-order valence-electron chi connectivity index (χ3n) is 3.99. The zero-order valence-corrected chi connectivity index (χ0v) is 10.1. The number of quaternary nitrogens is 1. The van der Waals surface area contributed by atoms with Crippen molar-refractivity contribution in [3.05, 3.63) is 0 Å². The first kappa shape index (κ1) is 11.4. The highest BCUT2D eigenvalue weighted by Gasteiger charge is 2.18. The van der Waals surface area contributed by atoms with Crippen molar-refractivity contribution in [2.75, 3.05) is 52.9 Å². The van der Waals surface area contributed by atoms with E-state index in [1.807, 2.05) is 0 Å². The van der Waals surface area contributed by atoms with E-state index in [0.29, 0.717) is 0 Å². The number of piperidine rings is 1. The van der Waals surface area contributed by atoms with E-state index in [0.717, 1.165) is 5.92 Å². The van der Waals surface area contributed by atoms with Gasteiger partial charge in [-0.3, -0.25) is 4.90 Å². The normalized spacial score (nSPS) is 27.0. The Morgan fingerprint density at radius 2 is 1.73 bits per heavy atom. The Morgan fingerprint density at radius 1 is 1.07 bits per heavy atom. The van der Waals surface area contributed by atoms with Gasteiger partial charge in [0.2, 0.25) is 0 Å². The van der Waals surface area contributed by atoms with Gasteiger partial charge in [-0.1, -0.05) is 0 Å². The average Bonchev–Trinajstić information content (AvgIpc) is 2.30. The quantitative estimate of drug-likeness (QED) is 0.688. The summed E-state index contributed by atoms with van der Waals surface area (Å²) >= 11 is 0. The molecule has 3 heteroatoms. The molecule has 2 aliphatic rings. The molecule has 2 heterocycles. The molecule has 0 unspecified atom stereocenters. The molecule has 0 bridgehead atoms. The van der Waals surface area contributed by atoms with Crippen LogP contribution >= 0.6 is 0 Å². The summed E-state index contributed by atoms with van der Waals surface area (Å²) in [4.78, 5) is 5.12. The van der Waals surface area contributed by atoms with E-state index < -0.39 is 0 Å². The summed E-state index contributed by atoms with van der Waals surface area (Å²) in [7, 11) is 2.25. The molecular formula is C12H26N3+. The highest BCUT2D eigenvalue weighted by atomic mass is 15.2. The molecule has 2 N–H and O–H groups in total. The molecular weight excluding hydrogens is 186 g/mol. The van der Waals surface area contributed by atoms with Crippen molar-refractivity contribution in [1.29, 1.82) is 0 Å². The average molecular weight is 212 g/mol. The van der Waals surface area contributed by atoms with E-state index in [-0.39, 0.29) is 0 Å². The number of rotatable bonds is 3. The molecule has 15 heavy (non-hydrogen) atoms. The second-order valence-corrected chi connectivity index (χ2v) is 5.24. The van der Waals surface area contributed by atoms with Crippen LogP contribution in [0, 0.1) is 5.92 Å². The van der Waals surface area contributed by atoms with Crippen LogP contribution < -0.4 is 5.32 Å². The lowest BCUT2D eigenvalue weighted by molar-refractivity contribution is -0.663. The predicted molar refractivity (Wildman–Crippen MR) is 62.9 cm³/mol. The second-order valence-electron chi connectivity index (χ2n) is 5.24. The summed E-state index contributed by atoms with van der Waals surface area (Å²) in [6.45, 7) is 9.24. The first-order valence-corrected chi connectivity index (χ1v) is 6.57. The summed E-state index contributed by atoms with van der Waals surface area (Å²) in [5.74, 6) is 1.01. The molecule has 0 spiro atoms. The lowest BCUT2D eigenvalue weighted by Gasteiger charge is -2.31. The first-order valence-electron chi connectivity index (χ1n) is 6.57. The number of likely N-dealkylation sites (tertiary alicyclic amines) is 1. The van der Waals surface area contributed by atoms with Crippen molar-refractivity contribution in [2.24, 2.45) is 5.92 Å². The van der Waals surface area contributed by atoms with Crippen LogP contribution in [0.15, 0.2) is 0 Å². The standard InChI is InChI=1S/C12H25N3/c1-14-7-2-12(3-8-14)4-9-15-10-5-13-6-11-15/h12-13H,2-11H2,1H3/p+1. The maximum atomic E-state index is 2.65. The molecule has 0 aromatic carbocycles. The third-order valence-corrected chi connectivity index (χ3v) is 3.99. The summed E-state index contributed by atoms with van der Waals surface area (Å²) in [6, 6.07) is 0. The molecule has 88 valence electrons. The fourth-order valence-electron chi connectivity index (χ4n) is 2.74. The van der Waals surface area contributed by atoms with Crippen molar-refractivity contribution < 1.29 is 5.32 Å². The van der Waals surface area contributed by atoms with Crippen LogP contribution in [0.5, 0.6) is 0 Å². The van der Waals surface area contributed by atoms with Gasteiger partial charge in [-0.25, -0.2) is 0 Å². The molecule has 2 aliphatic heterocycles. The Balaban J connectivity index is 1.60. The van der Waals surface area contributed by atoms with Crippen molar-refractivity contribution in [3.63, 3.8) is 0 Å². The molecule has 3 nitrogen and oxygen atoms in total. The second kappa shape index (κ2) is 5.83. The van der Waals surface area contributed by atoms with Gasteiger partial charge in [0, 0.05) is 13.1 Å². The molecule has 2 fully saturated rings. The molecule has 0 aliphatic carbocycles. The predicted octanol–water partition coefficient (Wildman–Crippen LogP) is -0.403. The van der Waals surface area contributed by atoms with Crippen molar-refractivity contribution in [2.45, 2.75) is 19.3 Å². The zero-order valence-electron chi connectivity index (χ0n) is 10.1. The number of nitrogens with zero attached hydrogens (tertiary/aromatic N) is 2. The van der Waals surface area contributed by atoms with Gasteiger partial charge in [-0.05, 0) is 51.9 Å². The summed E-state index contributed by atoms with van der Waals surface area (Å²) in [6.07, 6.45) is 4.29. The van der Waals surface area contributed by atoms with Gasteiger partial charge in [0.25, 0.3) is 0 Å². The monoisotopic (exact) mass is 212 g/mol. The number of piperazine rings is 1. The molecule has 2 saturated heterocycles. The van der Waals surface area contributed by atoms with Crippen LogP contribution in [0.1, 0.15) is 19.3 Å². The highest BCUT2D eigenvalue weighted by molar-refractivity contribution is 4.72. The summed E-state index contributed by atoms with van der Waals surface area (Å²) < 4.78 is 0. The fourth-order valence-corrected chi connectivity index (χ4v) is 2.74. The minimum Gasteiger partial charge on any atom is -0.344 e. The topological polar surface area (TPSA) is 23.1 Å². The molecule has 0 atom stereocenters. The molecule has 0 amide bonds. The van der Waals surface area contributed by atoms with E-state index in [1.54, 1.807) is 0 Å². The van der Waals surface area contributed by atoms with Crippen molar-refractivity contribution >= 4 is 0 Å². The van der Waals surface area contributed by atoms with E-state index in [1.165, 1.54) is 65.1 Å². The molecule has 0 radical (unpaired) electrons. The molecule has 0 aromatic rings. The van der Waals surface area contributed by atoms with E-state index in [4.69, 9.17) is 0 Å². The number of hydrogen-bond donors (Lipinski definition) is 1. The van der Waals surface area contributed by atoms with E-state index in [2.05, 4.69) is 22.2 Å². The zero-order chi connectivity index (χ0) is 10.5. The summed E-state index contributed by atoms with van der Waals surface area (Å²) in [5, 5.41) is 2.44. The van der Waals surface area contributed by atoms with Crippen LogP contribution in [0.2, 0.25) is 0 Å². The number of nitrogens with two attached hydrogens (primary N) is 1. The SMILES string of the molecule is CN1CCC(CCN2CC[NH2+]CC2)CC1. The van der Waals surface area contributed by atoms with Crippen LogP contribution in [0.3, 0.4) is 0 Å². The van der Waals surface area contributed by atoms with Crippen LogP contribution in [-0.4, -0.2) is 62.7 Å². The van der Waals surface area contributed by atoms with Crippen molar-refractivity contribution in [1.82, 2.24) is 9.80 Å². The lowest BCUT2D eigenvalue weighted by atomic mass is 9.93. The maximum Gasteiger partial charge on any atom is 0.0885 e. The van der Waals surface area contributed by atoms with Crippen molar-refractivity contribution in [3.8, 4) is 0 Å². The van der Waals surface area contributed by atoms with Crippen LogP contribution in [0.4, 0.5) is 0 Å². The highest BCUT2D eigenvalue weighted by Crippen LogP contribution is 2.19.